The molecule has 1 atom stereocenters. The minimum absolute atomic E-state index is 0.0301. The summed E-state index contributed by atoms with van der Waals surface area (Å²) in [5.41, 5.74) is 1.01. The molecule has 0 radical (unpaired) electrons. The Bertz CT molecular complexity index is 665. The smallest absolute Gasteiger partial charge is 0.329 e. The molecule has 6 nitrogen and oxygen atoms in total. The maximum Gasteiger partial charge on any atom is 0.329 e. The van der Waals surface area contributed by atoms with Crippen molar-refractivity contribution in [3.63, 3.8) is 0 Å². The highest BCUT2D eigenvalue weighted by Crippen LogP contribution is 2.27. The Morgan fingerprint density at radius 3 is 2.73 bits per heavy atom. The molecule has 8 heteroatoms. The monoisotopic (exact) mass is 331 g/mol. The van der Waals surface area contributed by atoms with Crippen LogP contribution in [0.3, 0.4) is 0 Å². The predicted molar refractivity (Wildman–Crippen MR) is 76.6 cm³/mol. The van der Waals surface area contributed by atoms with Gasteiger partial charge in [0.05, 0.1) is 6.10 Å². The molecule has 1 N–H and O–H groups in total. The first-order chi connectivity index (χ1) is 10.2. The summed E-state index contributed by atoms with van der Waals surface area (Å²) >= 11 is 0. The van der Waals surface area contributed by atoms with E-state index >= 15 is 0 Å². The van der Waals surface area contributed by atoms with E-state index in [1.165, 1.54) is 6.07 Å². The number of halogens is 1. The number of carboxylic acids is 1. The molecule has 1 heterocycles. The molecule has 0 aromatic heterocycles. The molecular formula is C14H18FNO5S. The van der Waals surface area contributed by atoms with Crippen molar-refractivity contribution in [1.29, 1.82) is 0 Å². The van der Waals surface area contributed by atoms with Gasteiger partial charge in [-0.2, -0.15) is 4.31 Å². The number of hydrogen-bond donors (Lipinski definition) is 1. The van der Waals surface area contributed by atoms with Crippen LogP contribution in [-0.2, 0) is 19.6 Å². The highest BCUT2D eigenvalue weighted by Gasteiger charge is 2.35. The van der Waals surface area contributed by atoms with E-state index in [-0.39, 0.29) is 18.0 Å². The van der Waals surface area contributed by atoms with Crippen molar-refractivity contribution in [2.75, 3.05) is 19.7 Å². The molecule has 1 aromatic rings. The van der Waals surface area contributed by atoms with E-state index in [0.717, 1.165) is 4.31 Å². The molecule has 22 heavy (non-hydrogen) atoms. The van der Waals surface area contributed by atoms with Gasteiger partial charge in [0, 0.05) is 13.1 Å². The van der Waals surface area contributed by atoms with Gasteiger partial charge in [0.15, 0.2) is 0 Å². The molecule has 1 saturated heterocycles. The maximum absolute atomic E-state index is 14.1. The molecule has 1 aliphatic heterocycles. The third-order valence-electron chi connectivity index (χ3n) is 3.52. The summed E-state index contributed by atoms with van der Waals surface area (Å²) in [5, 5.41) is 8.57. The van der Waals surface area contributed by atoms with E-state index < -0.39 is 34.5 Å². The van der Waals surface area contributed by atoms with E-state index in [0.29, 0.717) is 17.5 Å². The summed E-state index contributed by atoms with van der Waals surface area (Å²) in [6.07, 6.45) is -0.0985. The molecule has 0 spiro atoms. The number of nitrogens with zero attached hydrogens (tertiary/aromatic N) is 1. The fourth-order valence-electron chi connectivity index (χ4n) is 2.60. The van der Waals surface area contributed by atoms with Crippen LogP contribution in [0.5, 0.6) is 0 Å². The lowest BCUT2D eigenvalue weighted by Crippen LogP contribution is -2.32. The van der Waals surface area contributed by atoms with Crippen molar-refractivity contribution in [3.8, 4) is 0 Å². The molecule has 122 valence electrons. The number of carboxylic acid groups (broad SMARTS) is 1. The topological polar surface area (TPSA) is 83.9 Å². The first-order valence-electron chi connectivity index (χ1n) is 6.82. The number of ether oxygens (including phenoxy) is 1. The lowest BCUT2D eigenvalue weighted by molar-refractivity contribution is -0.144. The summed E-state index contributed by atoms with van der Waals surface area (Å²) in [7, 11) is -3.96. The lowest BCUT2D eigenvalue weighted by Gasteiger charge is -2.18. The van der Waals surface area contributed by atoms with Gasteiger partial charge < -0.3 is 9.84 Å². The molecule has 1 aromatic carbocycles. The second-order valence-electron chi connectivity index (χ2n) is 5.37. The first kappa shape index (κ1) is 16.9. The number of carbonyl (C=O) groups is 1. The lowest BCUT2D eigenvalue weighted by atomic mass is 10.1. The van der Waals surface area contributed by atoms with Crippen molar-refractivity contribution in [2.24, 2.45) is 0 Å². The molecule has 0 unspecified atom stereocenters. The second-order valence-corrected chi connectivity index (χ2v) is 7.25. The Labute approximate surface area is 128 Å². The van der Waals surface area contributed by atoms with Gasteiger partial charge in [-0.15, -0.1) is 0 Å². The number of benzene rings is 1. The van der Waals surface area contributed by atoms with Crippen molar-refractivity contribution in [3.05, 3.63) is 29.1 Å². The number of sulfonamides is 1. The molecule has 1 aliphatic rings. The van der Waals surface area contributed by atoms with Crippen molar-refractivity contribution in [1.82, 2.24) is 4.31 Å². The minimum Gasteiger partial charge on any atom is -0.480 e. The third-order valence-corrected chi connectivity index (χ3v) is 5.57. The van der Waals surface area contributed by atoms with Gasteiger partial charge in [-0.25, -0.2) is 17.6 Å². The van der Waals surface area contributed by atoms with Crippen molar-refractivity contribution < 1.29 is 27.4 Å². The van der Waals surface area contributed by atoms with E-state index in [4.69, 9.17) is 9.84 Å². The number of hydrogen-bond acceptors (Lipinski definition) is 4. The molecule has 0 saturated carbocycles. The van der Waals surface area contributed by atoms with Gasteiger partial charge in [0.25, 0.3) is 0 Å². The Hall–Kier alpha value is -1.51. The van der Waals surface area contributed by atoms with Gasteiger partial charge in [-0.1, -0.05) is 6.07 Å². The second kappa shape index (κ2) is 6.31. The molecular weight excluding hydrogens is 313 g/mol. The van der Waals surface area contributed by atoms with Crippen LogP contribution in [0.25, 0.3) is 0 Å². The molecule has 1 fully saturated rings. The summed E-state index contributed by atoms with van der Waals surface area (Å²) in [6, 6.07) is 2.80. The number of aryl methyl sites for hydroxylation is 2. The third kappa shape index (κ3) is 3.45. The Morgan fingerprint density at radius 2 is 2.14 bits per heavy atom. The largest absolute Gasteiger partial charge is 0.480 e. The molecule has 2 rings (SSSR count). The maximum atomic E-state index is 14.1. The highest BCUT2D eigenvalue weighted by atomic mass is 32.2. The average molecular weight is 331 g/mol. The zero-order valence-corrected chi connectivity index (χ0v) is 13.2. The van der Waals surface area contributed by atoms with E-state index in [1.54, 1.807) is 19.9 Å². The summed E-state index contributed by atoms with van der Waals surface area (Å²) in [6.45, 7) is 2.98. The van der Waals surface area contributed by atoms with Crippen LogP contribution in [0.15, 0.2) is 17.0 Å². The van der Waals surface area contributed by atoms with Crippen molar-refractivity contribution >= 4 is 16.0 Å². The normalized spacial score (nSPS) is 19.5. The van der Waals surface area contributed by atoms with E-state index in [9.17, 15) is 17.6 Å². The SMILES string of the molecule is Cc1cc(C)c(S(=O)(=O)N2CC[C@H](OCC(=O)O)C2)c(F)c1. The molecule has 0 bridgehead atoms. The van der Waals surface area contributed by atoms with Gasteiger partial charge in [0.2, 0.25) is 10.0 Å². The van der Waals surface area contributed by atoms with Gasteiger partial charge in [-0.3, -0.25) is 0 Å². The molecule has 0 aliphatic carbocycles. The standard InChI is InChI=1S/C14H18FNO5S/c1-9-5-10(2)14(12(15)6-9)22(19,20)16-4-3-11(7-16)21-8-13(17)18/h5-6,11H,3-4,7-8H2,1-2H3,(H,17,18)/t11-/m0/s1. The highest BCUT2D eigenvalue weighted by molar-refractivity contribution is 7.89. The number of rotatable bonds is 5. The summed E-state index contributed by atoms with van der Waals surface area (Å²) in [5.74, 6) is -1.88. The Kier molecular flexibility index (Phi) is 4.84. The van der Waals surface area contributed by atoms with Gasteiger partial charge in [0.1, 0.15) is 17.3 Å². The van der Waals surface area contributed by atoms with E-state index in [2.05, 4.69) is 0 Å². The van der Waals surface area contributed by atoms with Crippen molar-refractivity contribution in [2.45, 2.75) is 31.3 Å². The summed E-state index contributed by atoms with van der Waals surface area (Å²) < 4.78 is 45.5. The number of aliphatic carboxylic acids is 1. The van der Waals surface area contributed by atoms with Crippen LogP contribution >= 0.6 is 0 Å². The van der Waals surface area contributed by atoms with Crippen LogP contribution < -0.4 is 0 Å². The van der Waals surface area contributed by atoms with E-state index in [1.807, 2.05) is 0 Å². The van der Waals surface area contributed by atoms with Crippen LogP contribution in [0, 0.1) is 19.7 Å². The van der Waals surface area contributed by atoms with Crippen LogP contribution in [0.4, 0.5) is 4.39 Å². The van der Waals surface area contributed by atoms with Crippen LogP contribution in [0.1, 0.15) is 17.5 Å². The summed E-state index contributed by atoms with van der Waals surface area (Å²) in [4.78, 5) is 10.1. The zero-order valence-electron chi connectivity index (χ0n) is 12.4. The fourth-order valence-corrected chi connectivity index (χ4v) is 4.34. The quantitative estimate of drug-likeness (QED) is 0.879. The van der Waals surface area contributed by atoms with Gasteiger partial charge >= 0.3 is 5.97 Å². The Balaban J connectivity index is 2.20. The fraction of sp³-hybridized carbons (Fsp3) is 0.500. The zero-order chi connectivity index (χ0) is 16.5. The van der Waals surface area contributed by atoms with Gasteiger partial charge in [-0.05, 0) is 37.5 Å². The Morgan fingerprint density at radius 1 is 1.45 bits per heavy atom. The minimum atomic E-state index is -3.96. The van der Waals surface area contributed by atoms with Crippen LogP contribution in [-0.4, -0.2) is 49.6 Å². The first-order valence-corrected chi connectivity index (χ1v) is 8.26. The predicted octanol–water partition coefficient (Wildman–Crippen LogP) is 1.31. The molecule has 0 amide bonds. The average Bonchev–Trinajstić information content (AvgIpc) is 2.84. The van der Waals surface area contributed by atoms with Crippen LogP contribution in [0.2, 0.25) is 0 Å².